The van der Waals surface area contributed by atoms with Crippen molar-refractivity contribution in [1.82, 2.24) is 0 Å². The molecule has 0 aromatic heterocycles. The van der Waals surface area contributed by atoms with Crippen LogP contribution in [0.1, 0.15) is 33.4 Å². The van der Waals surface area contributed by atoms with Gasteiger partial charge in [0.2, 0.25) is 5.83 Å². The molecule has 0 spiro atoms. The second-order valence-electron chi connectivity index (χ2n) is 11.6. The number of halogens is 16. The van der Waals surface area contributed by atoms with E-state index in [1.165, 1.54) is 0 Å². The summed E-state index contributed by atoms with van der Waals surface area (Å²) in [4.78, 5) is 0. The van der Waals surface area contributed by atoms with Gasteiger partial charge in [0.25, 0.3) is 0 Å². The summed E-state index contributed by atoms with van der Waals surface area (Å²) in [6.45, 7) is 0. The third-order valence-corrected chi connectivity index (χ3v) is 8.75. The van der Waals surface area contributed by atoms with Gasteiger partial charge < -0.3 is 0 Å². The van der Waals surface area contributed by atoms with Gasteiger partial charge in [0, 0.05) is 22.3 Å². The van der Waals surface area contributed by atoms with Crippen molar-refractivity contribution in [2.45, 2.75) is 30.9 Å². The van der Waals surface area contributed by atoms with Crippen LogP contribution in [0.25, 0.3) is 50.1 Å². The van der Waals surface area contributed by atoms with Crippen LogP contribution in [0.15, 0.2) is 89.8 Å². The van der Waals surface area contributed by atoms with Crippen LogP contribution in [-0.4, -0.2) is 30.9 Å². The van der Waals surface area contributed by atoms with E-state index in [0.717, 1.165) is 72.8 Å². The van der Waals surface area contributed by atoms with E-state index in [4.69, 9.17) is 0 Å². The molecule has 4 aromatic rings. The molecule has 0 aliphatic heterocycles. The Hall–Kier alpha value is -5.02. The van der Waals surface area contributed by atoms with Crippen molar-refractivity contribution in [2.24, 2.45) is 0 Å². The van der Waals surface area contributed by atoms with Crippen molar-refractivity contribution in [3.8, 4) is 33.4 Å². The Morgan fingerprint density at radius 3 is 0.784 bits per heavy atom. The summed E-state index contributed by atoms with van der Waals surface area (Å²) in [7, 11) is 0. The molecule has 4 aromatic carbocycles. The molecule has 0 atom stereocenters. The van der Waals surface area contributed by atoms with Crippen LogP contribution in [0.5, 0.6) is 0 Å². The van der Waals surface area contributed by atoms with E-state index in [-0.39, 0.29) is 0 Å². The average Bonchev–Trinajstić information content (AvgIpc) is 3.60. The molecule has 0 saturated carbocycles. The number of benzene rings is 4. The lowest BCUT2D eigenvalue weighted by molar-refractivity contribution is -0.172. The highest BCUT2D eigenvalue weighted by molar-refractivity contribution is 6.23. The standard InChI is InChI=1S/C35H12F16/c36-30(35(49,50)51)24-18-12-6-3-9-15(18)21-26-19(13-7-1-4-10-16(13)22(26)28(31(37,38)39)32(40,41)42)25-20(27(21)24)14-8-2-5-11-17(14)23(25)29(33(43,44)45)34(46,47)48/h1-12H/b30-24-. The van der Waals surface area contributed by atoms with Gasteiger partial charge in [0.1, 0.15) is 11.1 Å². The summed E-state index contributed by atoms with van der Waals surface area (Å²) in [5.74, 6) is -2.94. The van der Waals surface area contributed by atoms with E-state index in [1.807, 2.05) is 0 Å². The van der Waals surface area contributed by atoms with Gasteiger partial charge in [-0.3, -0.25) is 0 Å². The van der Waals surface area contributed by atoms with Gasteiger partial charge in [0.05, 0.1) is 0 Å². The van der Waals surface area contributed by atoms with E-state index < -0.39 is 131 Å². The van der Waals surface area contributed by atoms with E-state index in [9.17, 15) is 65.9 Å². The molecule has 0 nitrogen and oxygen atoms in total. The van der Waals surface area contributed by atoms with Crippen molar-refractivity contribution < 1.29 is 70.2 Å². The van der Waals surface area contributed by atoms with Crippen molar-refractivity contribution >= 4 is 16.7 Å². The molecule has 3 aliphatic rings. The van der Waals surface area contributed by atoms with Crippen molar-refractivity contribution in [3.05, 3.63) is 123 Å². The molecule has 0 fully saturated rings. The summed E-state index contributed by atoms with van der Waals surface area (Å²) < 4.78 is 233. The SMILES string of the molecule is F/C(=C1/c2ccccc2-c2c3c(c4c(c21)-c1ccccc1C4=C(C(F)(F)F)C(F)(F)F)-c1ccccc1C3=C(C(F)(F)F)C(F)(F)F)C(F)(F)F. The molecular weight excluding hydrogens is 724 g/mol. The highest BCUT2D eigenvalue weighted by Crippen LogP contribution is 2.67. The number of fused-ring (bicyclic) bond motifs is 12. The maximum Gasteiger partial charge on any atom is 0.443 e. The molecule has 51 heavy (non-hydrogen) atoms. The molecule has 0 heterocycles. The monoisotopic (exact) mass is 736 g/mol. The Labute approximate surface area is 274 Å². The highest BCUT2D eigenvalue weighted by Gasteiger charge is 2.58. The maximum atomic E-state index is 15.7. The number of hydrogen-bond acceptors (Lipinski definition) is 0. The molecule has 0 saturated heterocycles. The van der Waals surface area contributed by atoms with Crippen LogP contribution in [0, 0.1) is 0 Å². The summed E-state index contributed by atoms with van der Waals surface area (Å²) >= 11 is 0. The fourth-order valence-electron chi connectivity index (χ4n) is 7.25. The van der Waals surface area contributed by atoms with Gasteiger partial charge >= 0.3 is 30.9 Å². The van der Waals surface area contributed by atoms with Gasteiger partial charge in [-0.2, -0.15) is 65.9 Å². The van der Waals surface area contributed by atoms with Gasteiger partial charge in [-0.05, 0) is 61.2 Å². The Balaban J connectivity index is 1.90. The zero-order valence-corrected chi connectivity index (χ0v) is 24.5. The minimum absolute atomic E-state index is 0.545. The molecular formula is C35H12F16. The Bertz CT molecular complexity index is 2190. The zero-order valence-electron chi connectivity index (χ0n) is 24.5. The Morgan fingerprint density at radius 2 is 0.529 bits per heavy atom. The molecule has 0 amide bonds. The predicted octanol–water partition coefficient (Wildman–Crippen LogP) is 12.8. The summed E-state index contributed by atoms with van der Waals surface area (Å²) in [5.41, 5.74) is -22.2. The number of alkyl halides is 15. The van der Waals surface area contributed by atoms with Crippen molar-refractivity contribution in [3.63, 3.8) is 0 Å². The predicted molar refractivity (Wildman–Crippen MR) is 152 cm³/mol. The number of rotatable bonds is 0. The first-order valence-electron chi connectivity index (χ1n) is 14.3. The third kappa shape index (κ3) is 4.92. The second-order valence-corrected chi connectivity index (χ2v) is 11.6. The Morgan fingerprint density at radius 1 is 0.294 bits per heavy atom. The van der Waals surface area contributed by atoms with E-state index in [2.05, 4.69) is 0 Å². The fraction of sp³-hybridized carbons (Fsp3) is 0.143. The largest absolute Gasteiger partial charge is 0.443 e. The molecule has 0 bridgehead atoms. The molecule has 7 rings (SSSR count). The molecule has 0 unspecified atom stereocenters. The second kappa shape index (κ2) is 10.5. The van der Waals surface area contributed by atoms with E-state index >= 15 is 4.39 Å². The maximum absolute atomic E-state index is 15.7. The van der Waals surface area contributed by atoms with Crippen LogP contribution < -0.4 is 0 Å². The van der Waals surface area contributed by atoms with Crippen molar-refractivity contribution in [1.29, 1.82) is 0 Å². The first kappa shape index (κ1) is 34.4. The molecule has 3 aliphatic carbocycles. The highest BCUT2D eigenvalue weighted by atomic mass is 19.4. The van der Waals surface area contributed by atoms with Gasteiger partial charge in [-0.1, -0.05) is 72.8 Å². The summed E-state index contributed by atoms with van der Waals surface area (Å²) in [6, 6.07) is 11.3. The zero-order chi connectivity index (χ0) is 37.4. The van der Waals surface area contributed by atoms with Crippen LogP contribution in [0.2, 0.25) is 0 Å². The first-order chi connectivity index (χ1) is 23.5. The summed E-state index contributed by atoms with van der Waals surface area (Å²) in [5, 5.41) is 0. The lowest BCUT2D eigenvalue weighted by atomic mass is 9.82. The van der Waals surface area contributed by atoms with Gasteiger partial charge in [-0.15, -0.1) is 0 Å². The Kier molecular flexibility index (Phi) is 7.10. The lowest BCUT2D eigenvalue weighted by Crippen LogP contribution is -2.28. The van der Waals surface area contributed by atoms with Crippen LogP contribution in [0.3, 0.4) is 0 Å². The van der Waals surface area contributed by atoms with E-state index in [0.29, 0.717) is 0 Å². The molecule has 0 N–H and O–H groups in total. The number of allylic oxidation sites excluding steroid dienone is 3. The average molecular weight is 736 g/mol. The van der Waals surface area contributed by atoms with Crippen LogP contribution >= 0.6 is 0 Å². The lowest BCUT2D eigenvalue weighted by Gasteiger charge is -2.23. The summed E-state index contributed by atoms with van der Waals surface area (Å²) in [6.07, 6.45) is -31.0. The van der Waals surface area contributed by atoms with Gasteiger partial charge in [-0.25, -0.2) is 4.39 Å². The first-order valence-corrected chi connectivity index (χ1v) is 14.3. The minimum Gasteiger partial charge on any atom is -0.201 e. The smallest absolute Gasteiger partial charge is 0.201 e. The minimum atomic E-state index is -6.28. The quantitative estimate of drug-likeness (QED) is 0.136. The van der Waals surface area contributed by atoms with Gasteiger partial charge in [0.15, 0.2) is 0 Å². The molecule has 0 radical (unpaired) electrons. The third-order valence-electron chi connectivity index (χ3n) is 8.75. The number of hydrogen-bond donors (Lipinski definition) is 0. The molecule has 16 heteroatoms. The van der Waals surface area contributed by atoms with Crippen LogP contribution in [-0.2, 0) is 0 Å². The molecule has 264 valence electrons. The topological polar surface area (TPSA) is 0 Å². The van der Waals surface area contributed by atoms with Crippen LogP contribution in [0.4, 0.5) is 70.2 Å². The fourth-order valence-corrected chi connectivity index (χ4v) is 7.25. The normalized spacial score (nSPS) is 16.0. The van der Waals surface area contributed by atoms with E-state index in [1.54, 1.807) is 0 Å². The van der Waals surface area contributed by atoms with Crippen molar-refractivity contribution in [2.75, 3.05) is 0 Å².